The van der Waals surface area contributed by atoms with Crippen LogP contribution in [0.2, 0.25) is 5.02 Å². The molecule has 0 spiro atoms. The van der Waals surface area contributed by atoms with Gasteiger partial charge >= 0.3 is 0 Å². The van der Waals surface area contributed by atoms with Crippen LogP contribution in [0.1, 0.15) is 12.2 Å². The summed E-state index contributed by atoms with van der Waals surface area (Å²) in [4.78, 5) is 19.6. The van der Waals surface area contributed by atoms with Gasteiger partial charge in [0.2, 0.25) is 0 Å². The molecule has 7 heteroatoms. The molecule has 0 bridgehead atoms. The van der Waals surface area contributed by atoms with E-state index in [1.54, 1.807) is 18.2 Å². The number of aromatic nitrogens is 2. The van der Waals surface area contributed by atoms with Crippen LogP contribution >= 0.6 is 27.5 Å². The van der Waals surface area contributed by atoms with Gasteiger partial charge in [0.05, 0.1) is 15.5 Å². The number of rotatable bonds is 7. The van der Waals surface area contributed by atoms with Gasteiger partial charge in [-0.15, -0.1) is 0 Å². The van der Waals surface area contributed by atoms with Crippen molar-refractivity contribution in [3.8, 4) is 5.75 Å². The summed E-state index contributed by atoms with van der Waals surface area (Å²) in [5, 5.41) is 3.45. The summed E-state index contributed by atoms with van der Waals surface area (Å²) in [5.41, 5.74) is 1.99. The fourth-order valence-electron chi connectivity index (χ4n) is 2.39. The monoisotopic (exact) mass is 421 g/mol. The minimum absolute atomic E-state index is 0.0368. The molecule has 0 radical (unpaired) electrons. The molecule has 0 saturated heterocycles. The van der Waals surface area contributed by atoms with E-state index in [0.29, 0.717) is 17.3 Å². The Morgan fingerprint density at radius 2 is 2.12 bits per heavy atom. The van der Waals surface area contributed by atoms with Crippen molar-refractivity contribution in [2.75, 3.05) is 13.2 Å². The van der Waals surface area contributed by atoms with E-state index in [2.05, 4.69) is 31.2 Å². The van der Waals surface area contributed by atoms with Crippen LogP contribution in [-0.4, -0.2) is 29.0 Å². The Kier molecular flexibility index (Phi) is 5.94. The number of amides is 1. The highest BCUT2D eigenvalue weighted by Gasteiger charge is 2.06. The molecule has 2 N–H and O–H groups in total. The van der Waals surface area contributed by atoms with Gasteiger partial charge in [-0.2, -0.15) is 0 Å². The summed E-state index contributed by atoms with van der Waals surface area (Å²) in [6.07, 6.45) is 1.58. The molecule has 5 nitrogen and oxygen atoms in total. The van der Waals surface area contributed by atoms with Crippen molar-refractivity contribution in [3.63, 3.8) is 0 Å². The lowest BCUT2D eigenvalue weighted by Gasteiger charge is -2.09. The Morgan fingerprint density at radius 3 is 2.92 bits per heavy atom. The van der Waals surface area contributed by atoms with Crippen molar-refractivity contribution in [2.24, 2.45) is 0 Å². The number of aromatic amines is 1. The quantitative estimate of drug-likeness (QED) is 0.563. The zero-order chi connectivity index (χ0) is 17.6. The molecule has 0 aliphatic carbocycles. The Hall–Kier alpha value is -2.05. The molecule has 0 fully saturated rings. The third-order valence-corrected chi connectivity index (χ3v) is 4.46. The predicted molar refractivity (Wildman–Crippen MR) is 102 cm³/mol. The third kappa shape index (κ3) is 4.96. The van der Waals surface area contributed by atoms with Gasteiger partial charge in [-0.05, 0) is 52.7 Å². The van der Waals surface area contributed by atoms with Crippen LogP contribution in [0.3, 0.4) is 0 Å². The van der Waals surface area contributed by atoms with E-state index >= 15 is 0 Å². The van der Waals surface area contributed by atoms with E-state index < -0.39 is 0 Å². The number of imidazole rings is 1. The number of carbonyl (C=O) groups excluding carboxylic acids is 1. The normalized spacial score (nSPS) is 10.8. The first kappa shape index (κ1) is 17.8. The van der Waals surface area contributed by atoms with Gasteiger partial charge in [0.25, 0.3) is 5.91 Å². The standard InChI is InChI=1S/C18H17BrClN3O2/c19-13-10-12(20)7-8-16(13)25-11-18(24)21-9-3-6-17-22-14-4-1-2-5-15(14)23-17/h1-2,4-5,7-8,10H,3,6,9,11H2,(H,21,24)(H,22,23). The van der Waals surface area contributed by atoms with Crippen LogP contribution in [0.4, 0.5) is 0 Å². The maximum absolute atomic E-state index is 11.8. The van der Waals surface area contributed by atoms with Gasteiger partial charge in [-0.25, -0.2) is 4.98 Å². The van der Waals surface area contributed by atoms with Crippen LogP contribution in [0.25, 0.3) is 11.0 Å². The van der Waals surface area contributed by atoms with Gasteiger partial charge in [0.1, 0.15) is 11.6 Å². The Balaban J connectivity index is 1.39. The average molecular weight is 423 g/mol. The number of fused-ring (bicyclic) bond motifs is 1. The van der Waals surface area contributed by atoms with Gasteiger partial charge in [-0.3, -0.25) is 4.79 Å². The second-order valence-corrected chi connectivity index (χ2v) is 6.81. The maximum atomic E-state index is 11.8. The number of nitrogens with zero attached hydrogens (tertiary/aromatic N) is 1. The van der Waals surface area contributed by atoms with Gasteiger partial charge < -0.3 is 15.0 Å². The van der Waals surface area contributed by atoms with Gasteiger partial charge in [-0.1, -0.05) is 23.7 Å². The van der Waals surface area contributed by atoms with Gasteiger partial charge in [0.15, 0.2) is 6.61 Å². The number of para-hydroxylation sites is 2. The molecule has 2 aromatic carbocycles. The van der Waals surface area contributed by atoms with Gasteiger partial charge in [0, 0.05) is 18.0 Å². The molecule has 1 amide bonds. The lowest BCUT2D eigenvalue weighted by molar-refractivity contribution is -0.123. The highest BCUT2D eigenvalue weighted by atomic mass is 79.9. The maximum Gasteiger partial charge on any atom is 0.257 e. The molecule has 3 rings (SSSR count). The molecule has 3 aromatic rings. The molecular weight excluding hydrogens is 406 g/mol. The first-order valence-corrected chi connectivity index (χ1v) is 9.07. The minimum atomic E-state index is -0.161. The number of aryl methyl sites for hydroxylation is 1. The lowest BCUT2D eigenvalue weighted by Crippen LogP contribution is -2.30. The largest absolute Gasteiger partial charge is 0.483 e. The van der Waals surface area contributed by atoms with E-state index in [1.807, 2.05) is 24.3 Å². The molecule has 130 valence electrons. The summed E-state index contributed by atoms with van der Waals surface area (Å²) in [6, 6.07) is 13.1. The molecular formula is C18H17BrClN3O2. The van der Waals surface area contributed by atoms with E-state index in [4.69, 9.17) is 16.3 Å². The van der Waals surface area contributed by atoms with Crippen LogP contribution in [0.15, 0.2) is 46.9 Å². The number of nitrogens with one attached hydrogen (secondary N) is 2. The van der Waals surface area contributed by atoms with Crippen LogP contribution in [-0.2, 0) is 11.2 Å². The highest BCUT2D eigenvalue weighted by molar-refractivity contribution is 9.10. The number of hydrogen-bond donors (Lipinski definition) is 2. The van der Waals surface area contributed by atoms with Crippen molar-refractivity contribution in [1.82, 2.24) is 15.3 Å². The minimum Gasteiger partial charge on any atom is -0.483 e. The molecule has 0 aliphatic rings. The van der Waals surface area contributed by atoms with E-state index in [0.717, 1.165) is 34.2 Å². The van der Waals surface area contributed by atoms with Crippen molar-refractivity contribution in [2.45, 2.75) is 12.8 Å². The van der Waals surface area contributed by atoms with Crippen LogP contribution < -0.4 is 10.1 Å². The van der Waals surface area contributed by atoms with Crippen molar-refractivity contribution < 1.29 is 9.53 Å². The summed E-state index contributed by atoms with van der Waals surface area (Å²) in [5.74, 6) is 1.35. The third-order valence-electron chi connectivity index (χ3n) is 3.60. The summed E-state index contributed by atoms with van der Waals surface area (Å²) in [7, 11) is 0. The molecule has 1 heterocycles. The molecule has 0 atom stereocenters. The van der Waals surface area contributed by atoms with Crippen LogP contribution in [0, 0.1) is 0 Å². The molecule has 25 heavy (non-hydrogen) atoms. The van der Waals surface area contributed by atoms with E-state index in [1.165, 1.54) is 0 Å². The molecule has 1 aromatic heterocycles. The smallest absolute Gasteiger partial charge is 0.257 e. The molecule has 0 saturated carbocycles. The summed E-state index contributed by atoms with van der Waals surface area (Å²) < 4.78 is 6.19. The second kappa shape index (κ2) is 8.36. The number of benzene rings is 2. The average Bonchev–Trinajstić information content (AvgIpc) is 3.01. The van der Waals surface area contributed by atoms with E-state index in [-0.39, 0.29) is 12.5 Å². The first-order valence-electron chi connectivity index (χ1n) is 7.90. The number of ether oxygens (including phenoxy) is 1. The summed E-state index contributed by atoms with van der Waals surface area (Å²) >= 11 is 9.22. The number of H-pyrrole nitrogens is 1. The zero-order valence-corrected chi connectivity index (χ0v) is 15.7. The fourth-order valence-corrected chi connectivity index (χ4v) is 3.19. The first-order chi connectivity index (χ1) is 12.1. The predicted octanol–water partition coefficient (Wildman–Crippen LogP) is 4.11. The molecule has 0 aliphatic heterocycles. The number of halogens is 2. The number of carbonyl (C=O) groups is 1. The fraction of sp³-hybridized carbons (Fsp3) is 0.222. The topological polar surface area (TPSA) is 67.0 Å². The number of hydrogen-bond acceptors (Lipinski definition) is 3. The Morgan fingerprint density at radius 1 is 1.28 bits per heavy atom. The summed E-state index contributed by atoms with van der Waals surface area (Å²) in [6.45, 7) is 0.534. The second-order valence-electron chi connectivity index (χ2n) is 5.52. The van der Waals surface area contributed by atoms with Crippen molar-refractivity contribution in [1.29, 1.82) is 0 Å². The zero-order valence-electron chi connectivity index (χ0n) is 13.4. The Bertz CT molecular complexity index is 849. The van der Waals surface area contributed by atoms with E-state index in [9.17, 15) is 4.79 Å². The van der Waals surface area contributed by atoms with Crippen molar-refractivity contribution >= 4 is 44.5 Å². The van der Waals surface area contributed by atoms with Crippen molar-refractivity contribution in [3.05, 3.63) is 57.8 Å². The van der Waals surface area contributed by atoms with Crippen LogP contribution in [0.5, 0.6) is 5.75 Å². The lowest BCUT2D eigenvalue weighted by atomic mass is 10.3. The highest BCUT2D eigenvalue weighted by Crippen LogP contribution is 2.27. The SMILES string of the molecule is O=C(COc1ccc(Cl)cc1Br)NCCCc1nc2ccccc2[nH]1. The molecule has 0 unspecified atom stereocenters. The Labute approximate surface area is 158 Å².